The molecule has 2 aromatic rings. The maximum Gasteiger partial charge on any atom is 0.421 e. The van der Waals surface area contributed by atoms with Crippen molar-refractivity contribution in [2.24, 2.45) is 5.73 Å². The summed E-state index contributed by atoms with van der Waals surface area (Å²) in [5, 5.41) is 0. The molecule has 0 spiro atoms. The van der Waals surface area contributed by atoms with Crippen molar-refractivity contribution in [2.45, 2.75) is 38.9 Å². The summed E-state index contributed by atoms with van der Waals surface area (Å²) < 4.78 is 44.9. The lowest BCUT2D eigenvalue weighted by molar-refractivity contribution is -0.138. The fraction of sp³-hybridized carbons (Fsp3) is 0.375. The van der Waals surface area contributed by atoms with Gasteiger partial charge in [-0.15, -0.1) is 0 Å². The first kappa shape index (κ1) is 17.8. The van der Waals surface area contributed by atoms with Crippen molar-refractivity contribution in [2.75, 3.05) is 0 Å². The Kier molecular flexibility index (Phi) is 4.34. The Morgan fingerprint density at radius 2 is 1.92 bits per heavy atom. The van der Waals surface area contributed by atoms with Crippen molar-refractivity contribution in [3.63, 3.8) is 0 Å². The molecular formula is C16H17F3N2O3. The van der Waals surface area contributed by atoms with Crippen LogP contribution in [0.1, 0.15) is 48.2 Å². The van der Waals surface area contributed by atoms with Crippen molar-refractivity contribution in [3.05, 3.63) is 57.4 Å². The van der Waals surface area contributed by atoms with Gasteiger partial charge in [0, 0.05) is 17.2 Å². The number of pyridine rings is 1. The van der Waals surface area contributed by atoms with Gasteiger partial charge >= 0.3 is 6.18 Å². The minimum atomic E-state index is -4.73. The van der Waals surface area contributed by atoms with E-state index in [1.54, 1.807) is 0 Å². The molecule has 2 aromatic heterocycles. The number of aromatic nitrogens is 1. The number of primary amides is 1. The van der Waals surface area contributed by atoms with Crippen LogP contribution in [-0.2, 0) is 18.1 Å². The van der Waals surface area contributed by atoms with Gasteiger partial charge in [0.25, 0.3) is 11.5 Å². The normalized spacial score (nSPS) is 12.4. The Hall–Kier alpha value is -2.51. The second-order valence-electron chi connectivity index (χ2n) is 6.43. The average molecular weight is 342 g/mol. The molecule has 0 saturated carbocycles. The number of amides is 1. The summed E-state index contributed by atoms with van der Waals surface area (Å²) >= 11 is 0. The molecule has 1 amide bonds. The van der Waals surface area contributed by atoms with Crippen LogP contribution < -0.4 is 11.3 Å². The average Bonchev–Trinajstić information content (AvgIpc) is 2.84. The molecule has 8 heteroatoms. The molecule has 0 aliphatic carbocycles. The van der Waals surface area contributed by atoms with Gasteiger partial charge in [-0.05, 0) is 18.2 Å². The predicted molar refractivity (Wildman–Crippen MR) is 80.7 cm³/mol. The van der Waals surface area contributed by atoms with E-state index < -0.39 is 28.6 Å². The summed E-state index contributed by atoms with van der Waals surface area (Å²) in [6, 6.07) is 3.24. The Labute approximate surface area is 135 Å². The zero-order chi connectivity index (χ0) is 18.3. The van der Waals surface area contributed by atoms with Gasteiger partial charge in [0.2, 0.25) is 0 Å². The third-order valence-corrected chi connectivity index (χ3v) is 3.40. The van der Waals surface area contributed by atoms with Crippen molar-refractivity contribution < 1.29 is 22.4 Å². The number of hydrogen-bond donors (Lipinski definition) is 1. The van der Waals surface area contributed by atoms with E-state index in [0.717, 1.165) is 16.7 Å². The number of carbonyl (C=O) groups excluding carboxylic acids is 1. The first-order valence-corrected chi connectivity index (χ1v) is 7.11. The molecule has 0 aromatic carbocycles. The van der Waals surface area contributed by atoms with E-state index in [1.165, 1.54) is 12.3 Å². The number of rotatable bonds is 3. The van der Waals surface area contributed by atoms with Gasteiger partial charge in [-0.25, -0.2) is 0 Å². The van der Waals surface area contributed by atoms with Crippen LogP contribution in [0.3, 0.4) is 0 Å². The third-order valence-electron chi connectivity index (χ3n) is 3.40. The maximum absolute atomic E-state index is 12.9. The predicted octanol–water partition coefficient (Wildman–Crippen LogP) is 2.90. The quantitative estimate of drug-likeness (QED) is 0.931. The summed E-state index contributed by atoms with van der Waals surface area (Å²) in [6.45, 7) is 5.28. The van der Waals surface area contributed by atoms with Crippen molar-refractivity contribution in [1.82, 2.24) is 4.57 Å². The summed E-state index contributed by atoms with van der Waals surface area (Å²) in [7, 11) is 0. The molecule has 130 valence electrons. The SMILES string of the molecule is CC(C)(C)c1oc(C(N)=O)cc1Cn1cccc(C(F)(F)F)c1=O. The van der Waals surface area contributed by atoms with Crippen LogP contribution in [-0.4, -0.2) is 10.5 Å². The summed E-state index contributed by atoms with van der Waals surface area (Å²) in [5.41, 5.74) is 2.69. The van der Waals surface area contributed by atoms with Gasteiger partial charge in [-0.1, -0.05) is 20.8 Å². The standard InChI is InChI=1S/C16H17F3N2O3/c1-15(2,3)12-9(7-11(24-12)13(20)22)8-21-6-4-5-10(14(21)23)16(17,18)19/h4-7H,8H2,1-3H3,(H2,20,22). The topological polar surface area (TPSA) is 78.2 Å². The number of furan rings is 1. The highest BCUT2D eigenvalue weighted by Crippen LogP contribution is 2.30. The summed E-state index contributed by atoms with van der Waals surface area (Å²) in [6.07, 6.45) is -3.48. The minimum absolute atomic E-state index is 0.102. The molecule has 2 rings (SSSR count). The zero-order valence-electron chi connectivity index (χ0n) is 13.4. The smallest absolute Gasteiger partial charge is 0.421 e. The van der Waals surface area contributed by atoms with Crippen LogP contribution in [0.25, 0.3) is 0 Å². The van der Waals surface area contributed by atoms with Gasteiger partial charge in [-0.3, -0.25) is 9.59 Å². The van der Waals surface area contributed by atoms with E-state index in [0.29, 0.717) is 11.3 Å². The van der Waals surface area contributed by atoms with E-state index in [2.05, 4.69) is 0 Å². The molecule has 2 heterocycles. The van der Waals surface area contributed by atoms with Crippen LogP contribution in [0.5, 0.6) is 0 Å². The number of nitrogens with two attached hydrogens (primary N) is 1. The van der Waals surface area contributed by atoms with Gasteiger partial charge in [-0.2, -0.15) is 13.2 Å². The molecule has 0 unspecified atom stereocenters. The number of hydrogen-bond acceptors (Lipinski definition) is 3. The fourth-order valence-corrected chi connectivity index (χ4v) is 2.36. The minimum Gasteiger partial charge on any atom is -0.455 e. The third kappa shape index (κ3) is 3.52. The molecule has 0 aliphatic rings. The lowest BCUT2D eigenvalue weighted by atomic mass is 9.90. The Balaban J connectivity index is 2.53. The van der Waals surface area contributed by atoms with Gasteiger partial charge in [0.1, 0.15) is 11.3 Å². The largest absolute Gasteiger partial charge is 0.455 e. The van der Waals surface area contributed by atoms with E-state index in [1.807, 2.05) is 20.8 Å². The number of carbonyl (C=O) groups is 1. The molecule has 0 aliphatic heterocycles. The summed E-state index contributed by atoms with van der Waals surface area (Å²) in [5.74, 6) is -0.501. The van der Waals surface area contributed by atoms with Gasteiger partial charge < -0.3 is 14.7 Å². The Bertz CT molecular complexity index is 826. The lowest BCUT2D eigenvalue weighted by Crippen LogP contribution is -2.28. The van der Waals surface area contributed by atoms with E-state index >= 15 is 0 Å². The second-order valence-corrected chi connectivity index (χ2v) is 6.43. The van der Waals surface area contributed by atoms with Crippen molar-refractivity contribution in [3.8, 4) is 0 Å². The van der Waals surface area contributed by atoms with Crippen LogP contribution >= 0.6 is 0 Å². The van der Waals surface area contributed by atoms with E-state index in [4.69, 9.17) is 10.2 Å². The number of nitrogens with zero attached hydrogens (tertiary/aromatic N) is 1. The van der Waals surface area contributed by atoms with E-state index in [9.17, 15) is 22.8 Å². The van der Waals surface area contributed by atoms with Crippen molar-refractivity contribution in [1.29, 1.82) is 0 Å². The monoisotopic (exact) mass is 342 g/mol. The first-order valence-electron chi connectivity index (χ1n) is 7.11. The maximum atomic E-state index is 12.9. The van der Waals surface area contributed by atoms with Gasteiger partial charge in [0.15, 0.2) is 5.76 Å². The molecule has 0 radical (unpaired) electrons. The highest BCUT2D eigenvalue weighted by molar-refractivity contribution is 5.90. The molecule has 0 atom stereocenters. The molecule has 0 bridgehead atoms. The Morgan fingerprint density at radius 3 is 2.42 bits per heavy atom. The molecule has 0 saturated heterocycles. The number of halogens is 3. The van der Waals surface area contributed by atoms with E-state index in [-0.39, 0.29) is 12.3 Å². The van der Waals surface area contributed by atoms with Crippen LogP contribution in [0, 0.1) is 0 Å². The highest BCUT2D eigenvalue weighted by atomic mass is 19.4. The van der Waals surface area contributed by atoms with Crippen LogP contribution in [0.2, 0.25) is 0 Å². The van der Waals surface area contributed by atoms with Crippen LogP contribution in [0.4, 0.5) is 13.2 Å². The molecular weight excluding hydrogens is 325 g/mol. The lowest BCUT2D eigenvalue weighted by Gasteiger charge is -2.18. The molecule has 5 nitrogen and oxygen atoms in total. The molecule has 24 heavy (non-hydrogen) atoms. The number of alkyl halides is 3. The summed E-state index contributed by atoms with van der Waals surface area (Å²) in [4.78, 5) is 23.4. The highest BCUT2D eigenvalue weighted by Gasteiger charge is 2.34. The first-order chi connectivity index (χ1) is 10.9. The zero-order valence-corrected chi connectivity index (χ0v) is 13.4. The van der Waals surface area contributed by atoms with Crippen LogP contribution in [0.15, 0.2) is 33.6 Å². The van der Waals surface area contributed by atoms with Gasteiger partial charge in [0.05, 0.1) is 6.54 Å². The van der Waals surface area contributed by atoms with Crippen molar-refractivity contribution >= 4 is 5.91 Å². The fourth-order valence-electron chi connectivity index (χ4n) is 2.36. The Morgan fingerprint density at radius 1 is 1.29 bits per heavy atom. The second kappa shape index (κ2) is 5.85. The molecule has 0 fully saturated rings. The molecule has 2 N–H and O–H groups in total.